The van der Waals surface area contributed by atoms with E-state index in [1.54, 1.807) is 37.4 Å². The van der Waals surface area contributed by atoms with Gasteiger partial charge in [0.25, 0.3) is 0 Å². The van der Waals surface area contributed by atoms with Crippen molar-refractivity contribution in [3.8, 4) is 0 Å². The predicted octanol–water partition coefficient (Wildman–Crippen LogP) is 2.74. The van der Waals surface area contributed by atoms with Gasteiger partial charge >= 0.3 is 0 Å². The van der Waals surface area contributed by atoms with Gasteiger partial charge in [0.1, 0.15) is 0 Å². The molecular formula is C15H18N2O2S. The third-order valence-electron chi connectivity index (χ3n) is 3.25. The van der Waals surface area contributed by atoms with Crippen LogP contribution in [-0.2, 0) is 10.0 Å². The second kappa shape index (κ2) is 5.73. The Morgan fingerprint density at radius 2 is 1.85 bits per heavy atom. The van der Waals surface area contributed by atoms with E-state index in [4.69, 9.17) is 0 Å². The van der Waals surface area contributed by atoms with E-state index in [0.29, 0.717) is 5.69 Å². The minimum absolute atomic E-state index is 0.281. The standard InChI is InChI=1S/C15H18N2O2S/c1-11-7-8-14(10-12(11)2)20(18,19)17-13(3)15-6-4-5-9-16-15/h4-10,13,17H,1-3H3/t13-/m0/s1. The van der Waals surface area contributed by atoms with Gasteiger partial charge in [-0.05, 0) is 56.2 Å². The molecule has 0 saturated heterocycles. The number of pyridine rings is 1. The molecule has 0 spiro atoms. The van der Waals surface area contributed by atoms with Crippen LogP contribution in [0.25, 0.3) is 0 Å². The van der Waals surface area contributed by atoms with Gasteiger partial charge in [-0.25, -0.2) is 13.1 Å². The maximum Gasteiger partial charge on any atom is 0.241 e. The topological polar surface area (TPSA) is 59.1 Å². The summed E-state index contributed by atoms with van der Waals surface area (Å²) in [6.07, 6.45) is 1.65. The fraction of sp³-hybridized carbons (Fsp3) is 0.267. The molecule has 1 atom stereocenters. The lowest BCUT2D eigenvalue weighted by Crippen LogP contribution is -2.27. The second-order valence-electron chi connectivity index (χ2n) is 4.84. The van der Waals surface area contributed by atoms with Crippen LogP contribution in [0.2, 0.25) is 0 Å². The number of hydrogen-bond donors (Lipinski definition) is 1. The molecule has 106 valence electrons. The zero-order valence-corrected chi connectivity index (χ0v) is 12.6. The molecule has 1 N–H and O–H groups in total. The van der Waals surface area contributed by atoms with Gasteiger partial charge in [-0.2, -0.15) is 0 Å². The molecular weight excluding hydrogens is 272 g/mol. The molecule has 2 aromatic rings. The fourth-order valence-electron chi connectivity index (χ4n) is 1.87. The van der Waals surface area contributed by atoms with Gasteiger partial charge in [0.15, 0.2) is 0 Å². The molecule has 0 aliphatic heterocycles. The Balaban J connectivity index is 2.25. The van der Waals surface area contributed by atoms with Crippen LogP contribution in [0.1, 0.15) is 29.8 Å². The van der Waals surface area contributed by atoms with Crippen molar-refractivity contribution in [2.24, 2.45) is 0 Å². The predicted molar refractivity (Wildman–Crippen MR) is 78.9 cm³/mol. The van der Waals surface area contributed by atoms with Crippen LogP contribution in [0.5, 0.6) is 0 Å². The summed E-state index contributed by atoms with van der Waals surface area (Å²) in [5, 5.41) is 0. The first kappa shape index (κ1) is 14.7. The summed E-state index contributed by atoms with van der Waals surface area (Å²) in [7, 11) is -3.54. The number of benzene rings is 1. The summed E-state index contributed by atoms with van der Waals surface area (Å²) < 4.78 is 27.3. The van der Waals surface area contributed by atoms with E-state index in [1.807, 2.05) is 26.0 Å². The Morgan fingerprint density at radius 3 is 2.45 bits per heavy atom. The van der Waals surface area contributed by atoms with Gasteiger partial charge in [-0.1, -0.05) is 12.1 Å². The van der Waals surface area contributed by atoms with Crippen molar-refractivity contribution >= 4 is 10.0 Å². The van der Waals surface area contributed by atoms with Crippen LogP contribution in [-0.4, -0.2) is 13.4 Å². The molecule has 0 radical (unpaired) electrons. The minimum atomic E-state index is -3.54. The molecule has 1 aromatic carbocycles. The monoisotopic (exact) mass is 290 g/mol. The lowest BCUT2D eigenvalue weighted by atomic mass is 10.1. The molecule has 0 unspecified atom stereocenters. The summed E-state index contributed by atoms with van der Waals surface area (Å²) in [5.41, 5.74) is 2.72. The summed E-state index contributed by atoms with van der Waals surface area (Å²) in [5.74, 6) is 0. The largest absolute Gasteiger partial charge is 0.260 e. The number of rotatable bonds is 4. The molecule has 4 nitrogen and oxygen atoms in total. The van der Waals surface area contributed by atoms with Crippen molar-refractivity contribution in [2.75, 3.05) is 0 Å². The summed E-state index contributed by atoms with van der Waals surface area (Å²) >= 11 is 0. The second-order valence-corrected chi connectivity index (χ2v) is 6.56. The van der Waals surface area contributed by atoms with Gasteiger partial charge in [-0.15, -0.1) is 0 Å². The molecule has 0 fully saturated rings. The highest BCUT2D eigenvalue weighted by atomic mass is 32.2. The van der Waals surface area contributed by atoms with Crippen LogP contribution >= 0.6 is 0 Å². The van der Waals surface area contributed by atoms with Crippen LogP contribution in [0.3, 0.4) is 0 Å². The molecule has 1 aromatic heterocycles. The molecule has 2 rings (SSSR count). The number of aromatic nitrogens is 1. The van der Waals surface area contributed by atoms with E-state index in [9.17, 15) is 8.42 Å². The average molecular weight is 290 g/mol. The third kappa shape index (κ3) is 3.23. The van der Waals surface area contributed by atoms with Crippen molar-refractivity contribution < 1.29 is 8.42 Å². The fourth-order valence-corrected chi connectivity index (χ4v) is 3.18. The van der Waals surface area contributed by atoms with Crippen molar-refractivity contribution in [3.05, 3.63) is 59.4 Å². The van der Waals surface area contributed by atoms with E-state index >= 15 is 0 Å². The van der Waals surface area contributed by atoms with E-state index in [2.05, 4.69) is 9.71 Å². The van der Waals surface area contributed by atoms with Crippen molar-refractivity contribution in [1.29, 1.82) is 0 Å². The van der Waals surface area contributed by atoms with Crippen molar-refractivity contribution in [1.82, 2.24) is 9.71 Å². The van der Waals surface area contributed by atoms with E-state index in [1.165, 1.54) is 0 Å². The normalized spacial score (nSPS) is 13.2. The van der Waals surface area contributed by atoms with Gasteiger partial charge in [-0.3, -0.25) is 4.98 Å². The Bertz CT molecular complexity index is 697. The lowest BCUT2D eigenvalue weighted by molar-refractivity contribution is 0.564. The Kier molecular flexibility index (Phi) is 4.20. The van der Waals surface area contributed by atoms with E-state index in [-0.39, 0.29) is 10.9 Å². The Morgan fingerprint density at radius 1 is 1.10 bits per heavy atom. The van der Waals surface area contributed by atoms with Crippen LogP contribution in [0, 0.1) is 13.8 Å². The average Bonchev–Trinajstić information content (AvgIpc) is 2.42. The molecule has 0 bridgehead atoms. The molecule has 20 heavy (non-hydrogen) atoms. The first-order valence-electron chi connectivity index (χ1n) is 6.40. The highest BCUT2D eigenvalue weighted by molar-refractivity contribution is 7.89. The molecule has 0 amide bonds. The molecule has 0 saturated carbocycles. The number of nitrogens with one attached hydrogen (secondary N) is 1. The van der Waals surface area contributed by atoms with Crippen LogP contribution in [0.15, 0.2) is 47.5 Å². The Labute approximate surface area is 119 Å². The van der Waals surface area contributed by atoms with Gasteiger partial charge < -0.3 is 0 Å². The summed E-state index contributed by atoms with van der Waals surface area (Å²) in [6.45, 7) is 5.63. The zero-order chi connectivity index (χ0) is 14.8. The van der Waals surface area contributed by atoms with Crippen LogP contribution in [0.4, 0.5) is 0 Å². The molecule has 1 heterocycles. The van der Waals surface area contributed by atoms with E-state index in [0.717, 1.165) is 11.1 Å². The van der Waals surface area contributed by atoms with Gasteiger partial charge in [0.05, 0.1) is 16.6 Å². The molecule has 0 aliphatic rings. The maximum absolute atomic E-state index is 12.3. The highest BCUT2D eigenvalue weighted by Gasteiger charge is 2.19. The zero-order valence-electron chi connectivity index (χ0n) is 11.8. The van der Waals surface area contributed by atoms with Crippen LogP contribution < -0.4 is 4.72 Å². The van der Waals surface area contributed by atoms with Crippen molar-refractivity contribution in [2.45, 2.75) is 31.7 Å². The lowest BCUT2D eigenvalue weighted by Gasteiger charge is -2.14. The maximum atomic E-state index is 12.3. The number of hydrogen-bond acceptors (Lipinski definition) is 3. The smallest absolute Gasteiger partial charge is 0.241 e. The third-order valence-corrected chi connectivity index (χ3v) is 4.79. The number of aryl methyl sites for hydroxylation is 2. The highest BCUT2D eigenvalue weighted by Crippen LogP contribution is 2.17. The summed E-state index contributed by atoms with van der Waals surface area (Å²) in [6, 6.07) is 10.2. The van der Waals surface area contributed by atoms with Gasteiger partial charge in [0, 0.05) is 6.20 Å². The van der Waals surface area contributed by atoms with Gasteiger partial charge in [0.2, 0.25) is 10.0 Å². The first-order valence-corrected chi connectivity index (χ1v) is 7.89. The minimum Gasteiger partial charge on any atom is -0.260 e. The quantitative estimate of drug-likeness (QED) is 0.942. The molecule has 0 aliphatic carbocycles. The molecule has 5 heteroatoms. The van der Waals surface area contributed by atoms with Crippen molar-refractivity contribution in [3.63, 3.8) is 0 Å². The Hall–Kier alpha value is -1.72. The SMILES string of the molecule is Cc1ccc(S(=O)(=O)N[C@@H](C)c2ccccn2)cc1C. The first-order chi connectivity index (χ1) is 9.40. The summed E-state index contributed by atoms with van der Waals surface area (Å²) in [4.78, 5) is 4.44. The number of nitrogens with zero attached hydrogens (tertiary/aromatic N) is 1. The number of sulfonamides is 1. The van der Waals surface area contributed by atoms with E-state index < -0.39 is 10.0 Å².